The Hall–Kier alpha value is -8.43. The molecule has 814 valence electrons. The molecule has 1 fully saturated rings. The van der Waals surface area contributed by atoms with Crippen LogP contribution in [0, 0.1) is 24.2 Å². The number of nitrogens with two attached hydrogens (primary N) is 2. The van der Waals surface area contributed by atoms with E-state index in [1.807, 2.05) is 113 Å². The number of terminal acetylenes is 1. The van der Waals surface area contributed by atoms with Crippen LogP contribution in [0.4, 0.5) is 86.8 Å². The first-order valence-electron chi connectivity index (χ1n) is 44.5. The van der Waals surface area contributed by atoms with E-state index in [2.05, 4.69) is 134 Å². The number of rotatable bonds is 31. The number of ether oxygens (including phenoxy) is 2. The predicted octanol–water partition coefficient (Wildman–Crippen LogP) is 13.7. The minimum atomic E-state index is -4.87. The van der Waals surface area contributed by atoms with Crippen molar-refractivity contribution in [3.8, 4) is 24.2 Å². The Morgan fingerprint density at radius 2 is 0.765 bits per heavy atom. The van der Waals surface area contributed by atoms with Gasteiger partial charge in [-0.1, -0.05) is 226 Å². The molecule has 15 N–H and O–H groups in total. The third-order valence-electron chi connectivity index (χ3n) is 17.9. The van der Waals surface area contributed by atoms with Crippen LogP contribution in [0.3, 0.4) is 0 Å². The molecule has 0 radical (unpaired) electrons. The molecule has 0 unspecified atom stereocenters. The second-order valence-electron chi connectivity index (χ2n) is 29.6. The molecule has 3 heterocycles. The van der Waals surface area contributed by atoms with Crippen molar-refractivity contribution in [2.45, 2.75) is 157 Å². The number of hydrogen-bond donors (Lipinski definition) is 13. The number of fused-ring (bicyclic) bond motifs is 2. The standard InChI is InChI=1S/C19H25F3N2O2.C16H13BrN2O2.2C10H10BrF3N2O.C10H7NO3.C9H16O.C8H11BrN2.C6H6BrN.C4H5F3O2.C4H8O.C2H6O.CH2O3.2CH4.2K.H/c1-3-9-18(26,10-4-2)11-8-15-6-5-7-16(14-15)23-12-13-24-17(25)19(20,21)22;17-11-4-3-5-12(10-11)18-8-9-19-15(20)13-6-1-2-7-14(13)16(19)21;2*11-7-2-1-3-8(6-7)15-4-5-16-9(17)10(12,13)14;12-6-5-11-9(13)7-3-1-2-4-8(7)10(11)14;1-4-7-9(10,6-3)8-5-2;9-7-2-1-3-8(6-7)11-5-4-10;7-5-2-1-3-6(8)4-5;1-2-9-3(8)4(5,6)7;1-2-4-5-3-1;1-2-3;2-1-4-3;;;;;/h5-7,14,23,26H,3-4,9-10,12-13H2,1-2H3,(H,24,25);1-7,10,18H,8-9H2;2*1-3,6,15H,4-5H2,(H,16,17);1-4,6H,5H2;3,10H,4-5,7-8H2,1-2H3;1-3,6,11H,4-5,10H2;1-4H,8H2;2H2,1H3;1-4H2;3H,2H2,1H3;1,3H;2*1H4;;;/q;;;;;;;;;;;;;;2*+1;-1/p-1. The summed E-state index contributed by atoms with van der Waals surface area (Å²) in [7, 11) is 0. The van der Waals surface area contributed by atoms with Crippen LogP contribution in [-0.4, -0.2) is 220 Å². The van der Waals surface area contributed by atoms with Gasteiger partial charge in [-0.25, -0.2) is 4.79 Å². The van der Waals surface area contributed by atoms with Gasteiger partial charge in [-0.3, -0.25) is 48.2 Å². The summed E-state index contributed by atoms with van der Waals surface area (Å²) >= 11 is 16.6. The van der Waals surface area contributed by atoms with Gasteiger partial charge >= 0.3 is 151 Å². The number of imide groups is 2. The first kappa shape index (κ1) is 149. The van der Waals surface area contributed by atoms with E-state index in [1.54, 1.807) is 132 Å². The number of esters is 1. The van der Waals surface area contributed by atoms with Crippen molar-refractivity contribution in [1.29, 1.82) is 0 Å². The number of aliphatic hydroxyl groups is 3. The van der Waals surface area contributed by atoms with Crippen molar-refractivity contribution < 1.29 is 240 Å². The largest absolute Gasteiger partial charge is 1.00 e. The number of amides is 7. The van der Waals surface area contributed by atoms with Gasteiger partial charge < -0.3 is 95.2 Å². The number of nitrogen functional groups attached to an aromatic ring is 1. The van der Waals surface area contributed by atoms with Gasteiger partial charge in [-0.15, -0.1) is 6.42 Å². The fourth-order valence-electron chi connectivity index (χ4n) is 11.6. The monoisotopic (exact) mass is 2480 g/mol. The summed E-state index contributed by atoms with van der Waals surface area (Å²) in [6.45, 7) is 15.3. The predicted molar refractivity (Wildman–Crippen MR) is 562 cm³/mol. The molecule has 0 aliphatic carbocycles. The van der Waals surface area contributed by atoms with Gasteiger partial charge in [-0.2, -0.15) is 52.7 Å². The average Bonchev–Trinajstić information content (AvgIpc) is 1.65. The number of alkyl halides is 12. The molecule has 29 nitrogen and oxygen atoms in total. The smallest absolute Gasteiger partial charge is 1.00 e. The number of nitrogens with one attached hydrogen (secondary N) is 8. The molecule has 3 aliphatic rings. The van der Waals surface area contributed by atoms with E-state index in [0.717, 1.165) is 114 Å². The number of carbonyl (C=O) groups is 10. The van der Waals surface area contributed by atoms with E-state index in [9.17, 15) is 106 Å². The second kappa shape index (κ2) is 84.0. The first-order valence-corrected chi connectivity index (χ1v) is 48.5. The molecule has 1 saturated heterocycles. The quantitative estimate of drug-likeness (QED) is 0.00183. The average molecular weight is 2490 g/mol. The number of carbonyl (C=O) groups excluding carboxylic acids is 10. The van der Waals surface area contributed by atoms with E-state index >= 15 is 0 Å². The van der Waals surface area contributed by atoms with Crippen LogP contribution in [-0.2, 0) is 43.1 Å². The van der Waals surface area contributed by atoms with Crippen LogP contribution in [0.1, 0.15) is 169 Å². The summed E-state index contributed by atoms with van der Waals surface area (Å²) in [5, 5.41) is 56.5. The van der Waals surface area contributed by atoms with Crippen LogP contribution < -0.4 is 162 Å². The topological polar surface area (TPSA) is 437 Å². The molecule has 3 aliphatic heterocycles. The van der Waals surface area contributed by atoms with Gasteiger partial charge in [0.1, 0.15) is 17.5 Å². The number of benzene rings is 8. The summed E-state index contributed by atoms with van der Waals surface area (Å²) < 4.78 is 154. The van der Waals surface area contributed by atoms with E-state index in [4.69, 9.17) is 37.8 Å². The Morgan fingerprint density at radius 3 is 1.02 bits per heavy atom. The van der Waals surface area contributed by atoms with Gasteiger partial charge in [0, 0.05) is 147 Å². The van der Waals surface area contributed by atoms with Crippen molar-refractivity contribution in [2.24, 2.45) is 5.73 Å². The molecule has 7 amide bonds. The van der Waals surface area contributed by atoms with Crippen molar-refractivity contribution in [3.63, 3.8) is 0 Å². The summed E-state index contributed by atoms with van der Waals surface area (Å²) in [6.07, 6.45) is -4.90. The van der Waals surface area contributed by atoms with Crippen molar-refractivity contribution in [1.82, 2.24) is 25.8 Å². The van der Waals surface area contributed by atoms with Crippen molar-refractivity contribution in [3.05, 3.63) is 244 Å². The van der Waals surface area contributed by atoms with Crippen LogP contribution in [0.15, 0.2) is 216 Å². The Kier molecular flexibility index (Phi) is 84.0. The SMILES string of the molecule is C.C.C#CC(O)(CCC)CCC.C1CCOC1.CCCC(O)(C#Cc1cccc(NCCNC(=O)C(F)(F)F)c1)CCC.CCO.CCOC(=O)C(F)(F)F.NCCNc1cccc(Br)c1.Nc1cccc(Br)c1.O=C(NCCNc1cccc(Br)c1)C(F)(F)F.O=C(NCCNc1cccc(Br)c1)C(F)(F)F.O=C1c2ccccc2C(=O)N1CCNc1cccc(Br)c1.O=CCN1C(=O)c2ccccc2C1=O.O=CO[O-].[H-].[K+].[K+]. The maximum absolute atomic E-state index is 12.2. The second-order valence-corrected chi connectivity index (χ2v) is 34.2. The number of anilines is 6. The minimum Gasteiger partial charge on any atom is -1.00 e. The zero-order valence-electron chi connectivity index (χ0n) is 82.9. The van der Waals surface area contributed by atoms with Crippen molar-refractivity contribution >= 4 is 174 Å². The summed E-state index contributed by atoms with van der Waals surface area (Å²) in [5.74, 6) is -0.810. The summed E-state index contributed by atoms with van der Waals surface area (Å²) in [4.78, 5) is 113. The summed E-state index contributed by atoms with van der Waals surface area (Å²) in [6, 6.07) is 58.2. The van der Waals surface area contributed by atoms with Gasteiger partial charge in [0.05, 0.1) is 35.4 Å². The molecule has 0 aromatic heterocycles. The molecule has 149 heavy (non-hydrogen) atoms. The third-order valence-corrected chi connectivity index (χ3v) is 20.4. The molecule has 8 aromatic rings. The molecule has 0 spiro atoms. The number of halogens is 17. The fourth-order valence-corrected chi connectivity index (χ4v) is 13.6. The van der Waals surface area contributed by atoms with Crippen molar-refractivity contribution in [2.75, 3.05) is 131 Å². The Balaban J connectivity index is -0.000000388. The zero-order valence-corrected chi connectivity index (χ0v) is 96.1. The Bertz CT molecular complexity index is 5170. The number of nitrogens with zero attached hydrogens (tertiary/aromatic N) is 2. The van der Waals surface area contributed by atoms with Gasteiger partial charge in [0.15, 0.2) is 0 Å². The van der Waals surface area contributed by atoms with Crippen LogP contribution in [0.2, 0.25) is 0 Å². The van der Waals surface area contributed by atoms with Crippen LogP contribution in [0.25, 0.3) is 0 Å². The maximum Gasteiger partial charge on any atom is 1.00 e. The minimum absolute atomic E-state index is 0. The molecule has 0 bridgehead atoms. The Morgan fingerprint density at radius 1 is 0.463 bits per heavy atom. The van der Waals surface area contributed by atoms with E-state index in [1.165, 1.54) is 24.7 Å². The Labute approximate surface area is 990 Å². The molecular formula is C101H127Br5F12K2N12O17. The molecular weight excluding hydrogens is 2360 g/mol. The molecule has 8 aromatic carbocycles. The van der Waals surface area contributed by atoms with E-state index in [0.29, 0.717) is 72.3 Å². The molecule has 0 saturated carbocycles. The van der Waals surface area contributed by atoms with Crippen LogP contribution >= 0.6 is 79.6 Å². The first-order chi connectivity index (χ1) is 68.5. The van der Waals surface area contributed by atoms with E-state index in [-0.39, 0.29) is 196 Å². The van der Waals surface area contributed by atoms with Crippen LogP contribution in [0.5, 0.6) is 0 Å². The van der Waals surface area contributed by atoms with Gasteiger partial charge in [0.25, 0.3) is 30.1 Å². The molecule has 11 rings (SSSR count). The maximum atomic E-state index is 12.2. The third kappa shape index (κ3) is 67.7. The zero-order chi connectivity index (χ0) is 110. The summed E-state index contributed by atoms with van der Waals surface area (Å²) in [5.41, 5.74) is 16.4. The van der Waals surface area contributed by atoms with Gasteiger partial charge in [0.2, 0.25) is 0 Å². The normalized spacial score (nSPS) is 11.5. The van der Waals surface area contributed by atoms with E-state index < -0.39 is 71.4 Å². The number of hydrogen-bond acceptors (Lipinski definition) is 24. The number of aliphatic hydroxyl groups excluding tert-OH is 1. The number of aldehydes is 1. The van der Waals surface area contributed by atoms with Gasteiger partial charge in [-0.05, 0) is 186 Å². The molecule has 0 atom stereocenters. The molecule has 48 heteroatoms. The fraction of sp³-hybridized carbons (Fsp3) is 0.386.